The molecule has 0 aliphatic carbocycles. The average molecular weight is 396 g/mol. The van der Waals surface area contributed by atoms with Gasteiger partial charge in [0.1, 0.15) is 0 Å². The normalized spacial score (nSPS) is 9.96. The van der Waals surface area contributed by atoms with Crippen LogP contribution in [0.3, 0.4) is 0 Å². The van der Waals surface area contributed by atoms with Crippen molar-refractivity contribution in [3.63, 3.8) is 0 Å². The van der Waals surface area contributed by atoms with Gasteiger partial charge in [0.05, 0.1) is 18.0 Å². The number of halogens is 1. The lowest BCUT2D eigenvalue weighted by Gasteiger charge is -2.08. The molecule has 0 spiro atoms. The van der Waals surface area contributed by atoms with Gasteiger partial charge in [0, 0.05) is 10.2 Å². The molecule has 2 aromatic rings. The summed E-state index contributed by atoms with van der Waals surface area (Å²) < 4.78 is 0.843. The minimum atomic E-state index is -0.431. The van der Waals surface area contributed by atoms with E-state index in [0.29, 0.717) is 10.6 Å². The minimum Gasteiger partial charge on any atom is -0.345 e. The number of thiophene rings is 1. The Morgan fingerprint density at radius 3 is 2.48 bits per heavy atom. The molecule has 1 aromatic carbocycles. The third kappa shape index (κ3) is 5.84. The molecule has 0 unspecified atom stereocenters. The summed E-state index contributed by atoms with van der Waals surface area (Å²) in [7, 11) is 0. The quantitative estimate of drug-likeness (QED) is 0.698. The highest BCUT2D eigenvalue weighted by Crippen LogP contribution is 2.15. The lowest BCUT2D eigenvalue weighted by atomic mass is 10.3. The third-order valence-corrected chi connectivity index (χ3v) is 4.07. The minimum absolute atomic E-state index is 0.166. The molecule has 0 fully saturated rings. The zero-order valence-electron chi connectivity index (χ0n) is 12.0. The van der Waals surface area contributed by atoms with Crippen LogP contribution in [-0.4, -0.2) is 30.8 Å². The molecule has 0 atom stereocenters. The summed E-state index contributed by atoms with van der Waals surface area (Å²) >= 11 is 4.60. The Labute approximate surface area is 145 Å². The molecular formula is C15H14BrN3O3S. The van der Waals surface area contributed by atoms with Gasteiger partial charge in [0.2, 0.25) is 11.8 Å². The maximum Gasteiger partial charge on any atom is 0.261 e. The largest absolute Gasteiger partial charge is 0.345 e. The molecule has 0 aliphatic heterocycles. The summed E-state index contributed by atoms with van der Waals surface area (Å²) in [6, 6.07) is 10.5. The summed E-state index contributed by atoms with van der Waals surface area (Å²) in [6.07, 6.45) is 0. The van der Waals surface area contributed by atoms with Crippen molar-refractivity contribution in [1.82, 2.24) is 10.6 Å². The molecule has 1 heterocycles. The van der Waals surface area contributed by atoms with Gasteiger partial charge in [-0.15, -0.1) is 11.3 Å². The Kier molecular flexibility index (Phi) is 6.30. The second kappa shape index (κ2) is 8.44. The van der Waals surface area contributed by atoms with Crippen molar-refractivity contribution in [3.8, 4) is 0 Å². The standard InChI is InChI=1S/C15H14BrN3O3S/c16-10-3-1-4-11(7-10)19-14(21)9-17-13(20)8-18-15(22)12-5-2-6-23-12/h1-7H,8-9H2,(H,17,20)(H,18,22)(H,19,21). The predicted octanol–water partition coefficient (Wildman–Crippen LogP) is 2.00. The van der Waals surface area contributed by atoms with Gasteiger partial charge in [0.15, 0.2) is 0 Å². The van der Waals surface area contributed by atoms with Crippen molar-refractivity contribution in [3.05, 3.63) is 51.1 Å². The number of anilines is 1. The van der Waals surface area contributed by atoms with Crippen molar-refractivity contribution in [1.29, 1.82) is 0 Å². The Balaban J connectivity index is 1.69. The fraction of sp³-hybridized carbons (Fsp3) is 0.133. The van der Waals surface area contributed by atoms with Gasteiger partial charge in [-0.2, -0.15) is 0 Å². The topological polar surface area (TPSA) is 87.3 Å². The molecule has 0 radical (unpaired) electrons. The second-order valence-electron chi connectivity index (χ2n) is 4.50. The van der Waals surface area contributed by atoms with E-state index in [1.807, 2.05) is 6.07 Å². The molecule has 0 bridgehead atoms. The highest BCUT2D eigenvalue weighted by atomic mass is 79.9. The van der Waals surface area contributed by atoms with E-state index in [1.165, 1.54) is 11.3 Å². The number of hydrogen-bond acceptors (Lipinski definition) is 4. The van der Waals surface area contributed by atoms with Crippen LogP contribution in [-0.2, 0) is 9.59 Å². The zero-order chi connectivity index (χ0) is 16.7. The summed E-state index contributed by atoms with van der Waals surface area (Å²) in [5.41, 5.74) is 0.629. The van der Waals surface area contributed by atoms with Crippen LogP contribution in [0.2, 0.25) is 0 Å². The first-order valence-electron chi connectivity index (χ1n) is 6.68. The van der Waals surface area contributed by atoms with Crippen LogP contribution in [0.15, 0.2) is 46.3 Å². The van der Waals surface area contributed by atoms with E-state index in [1.54, 1.807) is 35.7 Å². The van der Waals surface area contributed by atoms with Crippen LogP contribution < -0.4 is 16.0 Å². The molecule has 3 N–H and O–H groups in total. The summed E-state index contributed by atoms with van der Waals surface area (Å²) in [5.74, 6) is -1.09. The van der Waals surface area contributed by atoms with Gasteiger partial charge in [-0.05, 0) is 29.6 Å². The van der Waals surface area contributed by atoms with Gasteiger partial charge < -0.3 is 16.0 Å². The van der Waals surface area contributed by atoms with Gasteiger partial charge in [-0.1, -0.05) is 28.1 Å². The fourth-order valence-corrected chi connectivity index (χ4v) is 2.71. The molecular weight excluding hydrogens is 382 g/mol. The number of amides is 3. The number of carbonyl (C=O) groups excluding carboxylic acids is 3. The molecule has 1 aromatic heterocycles. The Morgan fingerprint density at radius 2 is 1.78 bits per heavy atom. The van der Waals surface area contributed by atoms with E-state index in [-0.39, 0.29) is 24.9 Å². The first-order valence-corrected chi connectivity index (χ1v) is 8.35. The Bertz CT molecular complexity index is 704. The number of rotatable bonds is 6. The molecule has 2 rings (SSSR count). The molecule has 8 heteroatoms. The van der Waals surface area contributed by atoms with Crippen molar-refractivity contribution in [2.45, 2.75) is 0 Å². The van der Waals surface area contributed by atoms with Crippen LogP contribution in [0.25, 0.3) is 0 Å². The van der Waals surface area contributed by atoms with E-state index >= 15 is 0 Å². The summed E-state index contributed by atoms with van der Waals surface area (Å²) in [4.78, 5) is 35.5. The van der Waals surface area contributed by atoms with Gasteiger partial charge in [0.25, 0.3) is 5.91 Å². The third-order valence-electron chi connectivity index (χ3n) is 2.71. The fourth-order valence-electron chi connectivity index (χ4n) is 1.67. The zero-order valence-corrected chi connectivity index (χ0v) is 14.4. The second-order valence-corrected chi connectivity index (χ2v) is 6.36. The average Bonchev–Trinajstić information content (AvgIpc) is 3.05. The van der Waals surface area contributed by atoms with Crippen molar-refractivity contribution < 1.29 is 14.4 Å². The van der Waals surface area contributed by atoms with Gasteiger partial charge >= 0.3 is 0 Å². The summed E-state index contributed by atoms with van der Waals surface area (Å²) in [6.45, 7) is -0.346. The lowest BCUT2D eigenvalue weighted by Crippen LogP contribution is -2.40. The van der Waals surface area contributed by atoms with E-state index < -0.39 is 5.91 Å². The Hall–Kier alpha value is -2.19. The number of benzene rings is 1. The highest BCUT2D eigenvalue weighted by Gasteiger charge is 2.10. The van der Waals surface area contributed by atoms with E-state index in [0.717, 1.165) is 4.47 Å². The van der Waals surface area contributed by atoms with Crippen LogP contribution in [0.5, 0.6) is 0 Å². The molecule has 0 aliphatic rings. The highest BCUT2D eigenvalue weighted by molar-refractivity contribution is 9.10. The van der Waals surface area contributed by atoms with Gasteiger partial charge in [-0.3, -0.25) is 14.4 Å². The molecule has 0 saturated heterocycles. The number of hydrogen-bond donors (Lipinski definition) is 3. The first-order chi connectivity index (χ1) is 11.0. The molecule has 3 amide bonds. The molecule has 0 saturated carbocycles. The maximum atomic E-state index is 11.7. The predicted molar refractivity (Wildman–Crippen MR) is 92.4 cm³/mol. The van der Waals surface area contributed by atoms with Crippen molar-refractivity contribution in [2.75, 3.05) is 18.4 Å². The van der Waals surface area contributed by atoms with Crippen LogP contribution in [0.1, 0.15) is 9.67 Å². The molecule has 6 nitrogen and oxygen atoms in total. The Morgan fingerprint density at radius 1 is 1.00 bits per heavy atom. The van der Waals surface area contributed by atoms with E-state index in [4.69, 9.17) is 0 Å². The molecule has 23 heavy (non-hydrogen) atoms. The SMILES string of the molecule is O=C(CNC(=O)c1cccs1)NCC(=O)Nc1cccc(Br)c1. The number of nitrogens with one attached hydrogen (secondary N) is 3. The van der Waals surface area contributed by atoms with Crippen LogP contribution >= 0.6 is 27.3 Å². The van der Waals surface area contributed by atoms with Crippen molar-refractivity contribution >= 4 is 50.7 Å². The summed E-state index contributed by atoms with van der Waals surface area (Å²) in [5, 5.41) is 9.37. The van der Waals surface area contributed by atoms with E-state index in [9.17, 15) is 14.4 Å². The molecule has 120 valence electrons. The maximum absolute atomic E-state index is 11.7. The van der Waals surface area contributed by atoms with Gasteiger partial charge in [-0.25, -0.2) is 0 Å². The number of carbonyl (C=O) groups is 3. The van der Waals surface area contributed by atoms with Crippen molar-refractivity contribution in [2.24, 2.45) is 0 Å². The van der Waals surface area contributed by atoms with E-state index in [2.05, 4.69) is 31.9 Å². The monoisotopic (exact) mass is 395 g/mol. The van der Waals surface area contributed by atoms with Crippen LogP contribution in [0, 0.1) is 0 Å². The first kappa shape index (κ1) is 17.2. The smallest absolute Gasteiger partial charge is 0.261 e. The lowest BCUT2D eigenvalue weighted by molar-refractivity contribution is -0.123. The van der Waals surface area contributed by atoms with Crippen LogP contribution in [0.4, 0.5) is 5.69 Å².